The van der Waals surface area contributed by atoms with Gasteiger partial charge in [-0.05, 0) is 18.1 Å². The average molecular weight is 319 g/mol. The van der Waals surface area contributed by atoms with Crippen LogP contribution in [0.3, 0.4) is 0 Å². The molecule has 0 aliphatic carbocycles. The van der Waals surface area contributed by atoms with Crippen molar-refractivity contribution >= 4 is 17.8 Å². The van der Waals surface area contributed by atoms with E-state index in [4.69, 9.17) is 4.74 Å². The first-order chi connectivity index (χ1) is 10.9. The summed E-state index contributed by atoms with van der Waals surface area (Å²) >= 11 is 0. The predicted molar refractivity (Wildman–Crippen MR) is 84.6 cm³/mol. The van der Waals surface area contributed by atoms with Crippen LogP contribution in [0.25, 0.3) is 0 Å². The fourth-order valence-electron chi connectivity index (χ4n) is 1.67. The first-order valence-electron chi connectivity index (χ1n) is 7.22. The number of methoxy groups -OCH3 is 1. The molecule has 0 aliphatic heterocycles. The Kier molecular flexibility index (Phi) is 7.53. The van der Waals surface area contributed by atoms with E-state index in [0.717, 1.165) is 12.2 Å². The Hall–Kier alpha value is -2.63. The number of carbonyl (C=O) groups is 3. The van der Waals surface area contributed by atoms with E-state index in [0.29, 0.717) is 5.56 Å². The van der Waals surface area contributed by atoms with Crippen LogP contribution in [0.5, 0.6) is 0 Å². The summed E-state index contributed by atoms with van der Waals surface area (Å²) in [4.78, 5) is 34.5. The summed E-state index contributed by atoms with van der Waals surface area (Å²) in [5, 5.41) is 2.83. The molecule has 1 atom stereocenters. The maximum absolute atomic E-state index is 12.1. The van der Waals surface area contributed by atoms with Crippen molar-refractivity contribution in [2.75, 3.05) is 13.7 Å². The molecule has 1 aromatic carbocycles. The zero-order chi connectivity index (χ0) is 17.2. The number of benzene rings is 1. The molecular weight excluding hydrogens is 298 g/mol. The van der Waals surface area contributed by atoms with E-state index < -0.39 is 11.9 Å². The van der Waals surface area contributed by atoms with Crippen LogP contribution in [0, 0.1) is 5.92 Å². The molecule has 6 nitrogen and oxygen atoms in total. The Morgan fingerprint density at radius 2 is 1.70 bits per heavy atom. The highest BCUT2D eigenvalue weighted by Gasteiger charge is 2.18. The van der Waals surface area contributed by atoms with Crippen molar-refractivity contribution in [1.29, 1.82) is 0 Å². The minimum Gasteiger partial charge on any atom is -0.466 e. The number of amides is 1. The van der Waals surface area contributed by atoms with E-state index in [1.807, 2.05) is 19.9 Å². The molecule has 0 fully saturated rings. The lowest BCUT2D eigenvalue weighted by molar-refractivity contribution is -0.140. The van der Waals surface area contributed by atoms with Gasteiger partial charge in [0, 0.05) is 17.7 Å². The Morgan fingerprint density at radius 1 is 1.09 bits per heavy atom. The summed E-state index contributed by atoms with van der Waals surface area (Å²) in [6.07, 6.45) is 1.97. The van der Waals surface area contributed by atoms with Gasteiger partial charge in [-0.3, -0.25) is 4.79 Å². The second-order valence-corrected chi connectivity index (χ2v) is 5.18. The van der Waals surface area contributed by atoms with E-state index in [1.54, 1.807) is 24.3 Å². The van der Waals surface area contributed by atoms with Gasteiger partial charge in [0.1, 0.15) is 6.61 Å². The number of carbonyl (C=O) groups excluding carboxylic acids is 3. The standard InChI is InChI=1S/C17H21NO5/c1-12(2)14(11-23-16(20)10-9-15(19)22-3)18-17(21)13-7-5-4-6-8-13/h4-10,12,14H,11H2,1-3H3,(H,18,21)/b10-9+/t14-/m0/s1. The van der Waals surface area contributed by atoms with Gasteiger partial charge in [0.15, 0.2) is 0 Å². The molecule has 0 aliphatic rings. The number of ether oxygens (including phenoxy) is 2. The molecule has 0 unspecified atom stereocenters. The zero-order valence-corrected chi connectivity index (χ0v) is 13.4. The molecule has 1 aromatic rings. The number of hydrogen-bond donors (Lipinski definition) is 1. The van der Waals surface area contributed by atoms with Gasteiger partial charge in [-0.2, -0.15) is 0 Å². The third-order valence-electron chi connectivity index (χ3n) is 3.12. The molecule has 0 saturated carbocycles. The van der Waals surface area contributed by atoms with Crippen molar-refractivity contribution in [3.8, 4) is 0 Å². The van der Waals surface area contributed by atoms with Gasteiger partial charge in [-0.1, -0.05) is 32.0 Å². The largest absolute Gasteiger partial charge is 0.466 e. The van der Waals surface area contributed by atoms with Crippen molar-refractivity contribution in [2.24, 2.45) is 5.92 Å². The number of nitrogens with one attached hydrogen (secondary N) is 1. The molecule has 1 rings (SSSR count). The van der Waals surface area contributed by atoms with Crippen LogP contribution in [0.1, 0.15) is 24.2 Å². The van der Waals surface area contributed by atoms with Crippen LogP contribution < -0.4 is 5.32 Å². The molecule has 0 heterocycles. The SMILES string of the molecule is COC(=O)/C=C/C(=O)OC[C@H](NC(=O)c1ccccc1)C(C)C. The van der Waals surface area contributed by atoms with Gasteiger partial charge in [0.05, 0.1) is 13.2 Å². The van der Waals surface area contributed by atoms with Crippen molar-refractivity contribution in [3.05, 3.63) is 48.0 Å². The number of hydrogen-bond acceptors (Lipinski definition) is 5. The summed E-state index contributed by atoms with van der Waals surface area (Å²) < 4.78 is 9.42. The molecule has 0 radical (unpaired) electrons. The monoisotopic (exact) mass is 319 g/mol. The summed E-state index contributed by atoms with van der Waals surface area (Å²) in [6, 6.07) is 8.45. The first-order valence-corrected chi connectivity index (χ1v) is 7.22. The highest BCUT2D eigenvalue weighted by molar-refractivity contribution is 5.94. The van der Waals surface area contributed by atoms with Crippen molar-refractivity contribution in [3.63, 3.8) is 0 Å². The average Bonchev–Trinajstić information content (AvgIpc) is 2.56. The molecule has 1 N–H and O–H groups in total. The summed E-state index contributed by atoms with van der Waals surface area (Å²) in [5.74, 6) is -1.47. The van der Waals surface area contributed by atoms with Gasteiger partial charge < -0.3 is 14.8 Å². The van der Waals surface area contributed by atoms with Crippen LogP contribution in [-0.4, -0.2) is 37.6 Å². The second kappa shape index (κ2) is 9.40. The maximum Gasteiger partial charge on any atom is 0.331 e. The molecule has 0 saturated heterocycles. The van der Waals surface area contributed by atoms with Crippen LogP contribution >= 0.6 is 0 Å². The molecule has 0 spiro atoms. The summed E-state index contributed by atoms with van der Waals surface area (Å²) in [6.45, 7) is 3.84. The highest BCUT2D eigenvalue weighted by Crippen LogP contribution is 2.06. The quantitative estimate of drug-likeness (QED) is 0.611. The minimum atomic E-state index is -0.671. The Morgan fingerprint density at radius 3 is 2.26 bits per heavy atom. The number of esters is 2. The Balaban J connectivity index is 2.56. The molecule has 124 valence electrons. The van der Waals surface area contributed by atoms with Gasteiger partial charge in [0.25, 0.3) is 5.91 Å². The van der Waals surface area contributed by atoms with Crippen LogP contribution in [0.2, 0.25) is 0 Å². The van der Waals surface area contributed by atoms with E-state index in [9.17, 15) is 14.4 Å². The van der Waals surface area contributed by atoms with E-state index in [1.165, 1.54) is 7.11 Å². The van der Waals surface area contributed by atoms with Crippen LogP contribution in [0.4, 0.5) is 0 Å². The van der Waals surface area contributed by atoms with Crippen molar-refractivity contribution in [1.82, 2.24) is 5.32 Å². The smallest absolute Gasteiger partial charge is 0.331 e. The molecule has 1 amide bonds. The van der Waals surface area contributed by atoms with E-state index >= 15 is 0 Å². The maximum atomic E-state index is 12.1. The number of rotatable bonds is 7. The fourth-order valence-corrected chi connectivity index (χ4v) is 1.67. The van der Waals surface area contributed by atoms with Gasteiger partial charge in [-0.15, -0.1) is 0 Å². The minimum absolute atomic E-state index is 0.0145. The topological polar surface area (TPSA) is 81.7 Å². The third-order valence-corrected chi connectivity index (χ3v) is 3.12. The Labute approximate surface area is 135 Å². The van der Waals surface area contributed by atoms with E-state index in [-0.39, 0.29) is 24.5 Å². The van der Waals surface area contributed by atoms with Gasteiger partial charge in [0.2, 0.25) is 0 Å². The molecule has 6 heteroatoms. The lowest BCUT2D eigenvalue weighted by atomic mass is 10.0. The molecule has 0 aromatic heterocycles. The fraction of sp³-hybridized carbons (Fsp3) is 0.353. The van der Waals surface area contributed by atoms with Crippen molar-refractivity contribution < 1.29 is 23.9 Å². The molecule has 23 heavy (non-hydrogen) atoms. The summed E-state index contributed by atoms with van der Waals surface area (Å²) in [7, 11) is 1.21. The zero-order valence-electron chi connectivity index (χ0n) is 13.4. The van der Waals surface area contributed by atoms with Gasteiger partial charge in [-0.25, -0.2) is 9.59 Å². The lowest BCUT2D eigenvalue weighted by Crippen LogP contribution is -2.42. The molecule has 0 bridgehead atoms. The van der Waals surface area contributed by atoms with Crippen LogP contribution in [0.15, 0.2) is 42.5 Å². The van der Waals surface area contributed by atoms with Crippen molar-refractivity contribution in [2.45, 2.75) is 19.9 Å². The third kappa shape index (κ3) is 6.78. The molecular formula is C17H21NO5. The lowest BCUT2D eigenvalue weighted by Gasteiger charge is -2.21. The van der Waals surface area contributed by atoms with Crippen LogP contribution in [-0.2, 0) is 19.1 Å². The van der Waals surface area contributed by atoms with E-state index in [2.05, 4.69) is 10.1 Å². The summed E-state index contributed by atoms with van der Waals surface area (Å²) in [5.41, 5.74) is 0.537. The normalized spacial score (nSPS) is 12.0. The first kappa shape index (κ1) is 18.4. The Bertz CT molecular complexity index is 566. The predicted octanol–water partition coefficient (Wildman–Crippen LogP) is 1.71. The second-order valence-electron chi connectivity index (χ2n) is 5.18. The van der Waals surface area contributed by atoms with Gasteiger partial charge >= 0.3 is 11.9 Å². The highest BCUT2D eigenvalue weighted by atomic mass is 16.5.